The predicted molar refractivity (Wildman–Crippen MR) is 80.6 cm³/mol. The van der Waals surface area contributed by atoms with Crippen molar-refractivity contribution < 1.29 is 9.53 Å². The van der Waals surface area contributed by atoms with E-state index < -0.39 is 0 Å². The molecule has 1 aliphatic heterocycles. The highest BCUT2D eigenvalue weighted by Gasteiger charge is 2.15. The number of aromatic nitrogens is 3. The van der Waals surface area contributed by atoms with Crippen LogP contribution >= 0.6 is 0 Å². The lowest BCUT2D eigenvalue weighted by Crippen LogP contribution is -2.39. The number of nitrogens with one attached hydrogen (secondary N) is 2. The van der Waals surface area contributed by atoms with Crippen molar-refractivity contribution in [2.75, 3.05) is 13.2 Å². The second-order valence-corrected chi connectivity index (χ2v) is 5.17. The van der Waals surface area contributed by atoms with Crippen molar-refractivity contribution in [2.45, 2.75) is 25.5 Å². The normalized spacial score (nSPS) is 17.4. The summed E-state index contributed by atoms with van der Waals surface area (Å²) in [5.41, 5.74) is 0.966. The average molecular weight is 301 g/mol. The Labute approximate surface area is 128 Å². The van der Waals surface area contributed by atoms with Gasteiger partial charge in [-0.3, -0.25) is 0 Å². The number of hydrogen-bond donors (Lipinski definition) is 2. The van der Waals surface area contributed by atoms with Gasteiger partial charge in [0.05, 0.1) is 6.10 Å². The fourth-order valence-electron chi connectivity index (χ4n) is 2.36. The van der Waals surface area contributed by atoms with Gasteiger partial charge in [0, 0.05) is 38.3 Å². The molecule has 1 atom stereocenters. The van der Waals surface area contributed by atoms with E-state index >= 15 is 0 Å². The zero-order valence-corrected chi connectivity index (χ0v) is 12.2. The molecule has 0 bridgehead atoms. The summed E-state index contributed by atoms with van der Waals surface area (Å²) in [5, 5.41) is 9.80. The van der Waals surface area contributed by atoms with Crippen LogP contribution in [-0.2, 0) is 11.3 Å². The first-order chi connectivity index (χ1) is 10.8. The fourth-order valence-corrected chi connectivity index (χ4v) is 2.36. The van der Waals surface area contributed by atoms with Crippen molar-refractivity contribution in [3.05, 3.63) is 42.4 Å². The minimum atomic E-state index is -0.187. The molecule has 116 valence electrons. The standard InChI is InChI=1S/C15H19N5O2/c21-15(18-11-13-3-1-8-22-13)17-10-12-4-6-16-14(9-12)20-7-2-5-19-20/h2,4-7,9,13H,1,3,8,10-11H2,(H2,17,18,21). The molecule has 1 saturated heterocycles. The van der Waals surface area contributed by atoms with Crippen LogP contribution < -0.4 is 10.6 Å². The molecule has 3 rings (SSSR count). The summed E-state index contributed by atoms with van der Waals surface area (Å²) in [5.74, 6) is 0.726. The molecule has 7 heteroatoms. The predicted octanol–water partition coefficient (Wildman–Crippen LogP) is 1.25. The number of amides is 2. The number of urea groups is 1. The monoisotopic (exact) mass is 301 g/mol. The summed E-state index contributed by atoms with van der Waals surface area (Å²) in [6, 6.07) is 5.42. The molecule has 0 spiro atoms. The van der Waals surface area contributed by atoms with Crippen molar-refractivity contribution in [3.8, 4) is 5.82 Å². The molecule has 3 heterocycles. The van der Waals surface area contributed by atoms with Gasteiger partial charge in [0.25, 0.3) is 0 Å². The maximum atomic E-state index is 11.8. The molecular weight excluding hydrogens is 282 g/mol. The van der Waals surface area contributed by atoms with E-state index in [4.69, 9.17) is 4.74 Å². The van der Waals surface area contributed by atoms with Gasteiger partial charge in [0.1, 0.15) is 0 Å². The highest BCUT2D eigenvalue weighted by atomic mass is 16.5. The summed E-state index contributed by atoms with van der Waals surface area (Å²) in [7, 11) is 0. The first-order valence-electron chi connectivity index (χ1n) is 7.39. The van der Waals surface area contributed by atoms with Crippen LogP contribution in [0.15, 0.2) is 36.8 Å². The largest absolute Gasteiger partial charge is 0.376 e. The maximum absolute atomic E-state index is 11.8. The number of pyridine rings is 1. The highest BCUT2D eigenvalue weighted by Crippen LogP contribution is 2.10. The van der Waals surface area contributed by atoms with Gasteiger partial charge in [-0.05, 0) is 36.6 Å². The van der Waals surface area contributed by atoms with Crippen molar-refractivity contribution >= 4 is 6.03 Å². The van der Waals surface area contributed by atoms with Crippen molar-refractivity contribution in [2.24, 2.45) is 0 Å². The van der Waals surface area contributed by atoms with Crippen LogP contribution in [0.2, 0.25) is 0 Å². The van der Waals surface area contributed by atoms with Crippen LogP contribution in [0.3, 0.4) is 0 Å². The zero-order chi connectivity index (χ0) is 15.2. The topological polar surface area (TPSA) is 81.1 Å². The van der Waals surface area contributed by atoms with Crippen molar-refractivity contribution in [1.29, 1.82) is 0 Å². The molecule has 0 saturated carbocycles. The van der Waals surface area contributed by atoms with Crippen LogP contribution in [0.1, 0.15) is 18.4 Å². The van der Waals surface area contributed by atoms with Gasteiger partial charge in [-0.2, -0.15) is 5.10 Å². The first kappa shape index (κ1) is 14.5. The molecule has 2 amide bonds. The summed E-state index contributed by atoms with van der Waals surface area (Å²) in [6.45, 7) is 1.79. The fraction of sp³-hybridized carbons (Fsp3) is 0.400. The van der Waals surface area contributed by atoms with E-state index in [1.807, 2.05) is 24.4 Å². The molecule has 0 radical (unpaired) electrons. The van der Waals surface area contributed by atoms with Crippen LogP contribution in [-0.4, -0.2) is 40.1 Å². The Hall–Kier alpha value is -2.41. The molecule has 2 N–H and O–H groups in total. The Morgan fingerprint density at radius 2 is 2.36 bits per heavy atom. The SMILES string of the molecule is O=C(NCc1ccnc(-n2cccn2)c1)NCC1CCCO1. The third-order valence-corrected chi connectivity index (χ3v) is 3.52. The minimum absolute atomic E-state index is 0.151. The van der Waals surface area contributed by atoms with Crippen LogP contribution in [0, 0.1) is 0 Å². The lowest BCUT2D eigenvalue weighted by molar-refractivity contribution is 0.111. The maximum Gasteiger partial charge on any atom is 0.315 e. The molecule has 0 aromatic carbocycles. The molecule has 1 fully saturated rings. The van der Waals surface area contributed by atoms with E-state index in [9.17, 15) is 4.79 Å². The molecule has 0 aliphatic carbocycles. The van der Waals surface area contributed by atoms with E-state index in [0.29, 0.717) is 13.1 Å². The van der Waals surface area contributed by atoms with Crippen molar-refractivity contribution in [1.82, 2.24) is 25.4 Å². The molecule has 1 unspecified atom stereocenters. The van der Waals surface area contributed by atoms with E-state index in [1.165, 1.54) is 0 Å². The van der Waals surface area contributed by atoms with E-state index in [1.54, 1.807) is 17.1 Å². The molecule has 7 nitrogen and oxygen atoms in total. The van der Waals surface area contributed by atoms with Gasteiger partial charge in [0.15, 0.2) is 5.82 Å². The third-order valence-electron chi connectivity index (χ3n) is 3.52. The number of carbonyl (C=O) groups is 1. The molecule has 1 aliphatic rings. The average Bonchev–Trinajstić information content (AvgIpc) is 3.24. The van der Waals surface area contributed by atoms with Crippen LogP contribution in [0.4, 0.5) is 4.79 Å². The Kier molecular flexibility index (Phi) is 4.65. The number of ether oxygens (including phenoxy) is 1. The number of nitrogens with zero attached hydrogens (tertiary/aromatic N) is 3. The van der Waals surface area contributed by atoms with Gasteiger partial charge in [0.2, 0.25) is 0 Å². The van der Waals surface area contributed by atoms with Crippen molar-refractivity contribution in [3.63, 3.8) is 0 Å². The smallest absolute Gasteiger partial charge is 0.315 e. The van der Waals surface area contributed by atoms with Crippen LogP contribution in [0.25, 0.3) is 5.82 Å². The van der Waals surface area contributed by atoms with Gasteiger partial charge >= 0.3 is 6.03 Å². The summed E-state index contributed by atoms with van der Waals surface area (Å²) < 4.78 is 7.14. The Bertz CT molecular complexity index is 608. The minimum Gasteiger partial charge on any atom is -0.376 e. The Morgan fingerprint density at radius 3 is 3.14 bits per heavy atom. The lowest BCUT2D eigenvalue weighted by atomic mass is 10.2. The summed E-state index contributed by atoms with van der Waals surface area (Å²) in [6.07, 6.45) is 7.47. The second-order valence-electron chi connectivity index (χ2n) is 5.17. The zero-order valence-electron chi connectivity index (χ0n) is 12.2. The van der Waals surface area contributed by atoms with E-state index in [-0.39, 0.29) is 12.1 Å². The molecule has 2 aromatic heterocycles. The summed E-state index contributed by atoms with van der Waals surface area (Å²) in [4.78, 5) is 16.0. The highest BCUT2D eigenvalue weighted by molar-refractivity contribution is 5.73. The molecule has 22 heavy (non-hydrogen) atoms. The van der Waals surface area contributed by atoms with E-state index in [0.717, 1.165) is 30.8 Å². The number of rotatable bonds is 5. The van der Waals surface area contributed by atoms with Gasteiger partial charge in [-0.15, -0.1) is 0 Å². The number of carbonyl (C=O) groups excluding carboxylic acids is 1. The van der Waals surface area contributed by atoms with Crippen LogP contribution in [0.5, 0.6) is 0 Å². The molecular formula is C15H19N5O2. The Morgan fingerprint density at radius 1 is 1.41 bits per heavy atom. The Balaban J connectivity index is 1.48. The van der Waals surface area contributed by atoms with Gasteiger partial charge in [-0.25, -0.2) is 14.5 Å². The second kappa shape index (κ2) is 7.04. The molecule has 2 aromatic rings. The third kappa shape index (κ3) is 3.82. The first-order valence-corrected chi connectivity index (χ1v) is 7.39. The lowest BCUT2D eigenvalue weighted by Gasteiger charge is -2.12. The number of hydrogen-bond acceptors (Lipinski definition) is 4. The van der Waals surface area contributed by atoms with Gasteiger partial charge < -0.3 is 15.4 Å². The van der Waals surface area contributed by atoms with E-state index in [2.05, 4.69) is 20.7 Å². The van der Waals surface area contributed by atoms with Gasteiger partial charge in [-0.1, -0.05) is 0 Å². The quantitative estimate of drug-likeness (QED) is 0.871. The summed E-state index contributed by atoms with van der Waals surface area (Å²) >= 11 is 0.